The molecule has 0 bridgehead atoms. The summed E-state index contributed by atoms with van der Waals surface area (Å²) >= 11 is 0. The number of methoxy groups -OCH3 is 1. The molecule has 0 amide bonds. The van der Waals surface area contributed by atoms with E-state index in [1.807, 2.05) is 0 Å². The highest BCUT2D eigenvalue weighted by atomic mass is 16.5. The molecule has 0 spiro atoms. The fourth-order valence-corrected chi connectivity index (χ4v) is 2.00. The van der Waals surface area contributed by atoms with E-state index in [0.29, 0.717) is 18.8 Å². The Labute approximate surface area is 153 Å². The molecule has 25 heavy (non-hydrogen) atoms. The van der Waals surface area contributed by atoms with E-state index >= 15 is 0 Å². The Morgan fingerprint density at radius 1 is 0.920 bits per heavy atom. The SMILES string of the molecule is C=C(C)C(=O)OCCCCCCCCCCCCO.C=CC(=O)OC. The molecule has 0 radical (unpaired) electrons. The van der Waals surface area contributed by atoms with Crippen molar-refractivity contribution >= 4 is 11.9 Å². The average molecular weight is 357 g/mol. The van der Waals surface area contributed by atoms with Crippen molar-refractivity contribution in [2.24, 2.45) is 0 Å². The lowest BCUT2D eigenvalue weighted by Crippen LogP contribution is -2.05. The highest BCUT2D eigenvalue weighted by Crippen LogP contribution is 2.10. The Morgan fingerprint density at radius 2 is 1.36 bits per heavy atom. The van der Waals surface area contributed by atoms with E-state index in [1.54, 1.807) is 6.92 Å². The smallest absolute Gasteiger partial charge is 0.333 e. The van der Waals surface area contributed by atoms with Crippen LogP contribution >= 0.6 is 0 Å². The van der Waals surface area contributed by atoms with E-state index in [-0.39, 0.29) is 5.97 Å². The molecule has 0 aromatic heterocycles. The van der Waals surface area contributed by atoms with Gasteiger partial charge in [0.2, 0.25) is 0 Å². The number of aliphatic hydroxyl groups excluding tert-OH is 1. The molecule has 0 aliphatic rings. The summed E-state index contributed by atoms with van der Waals surface area (Å²) in [5.41, 5.74) is 0.473. The zero-order valence-electron chi connectivity index (χ0n) is 16.1. The normalized spacial score (nSPS) is 9.56. The monoisotopic (exact) mass is 356 g/mol. The maximum atomic E-state index is 11.1. The van der Waals surface area contributed by atoms with Crippen LogP contribution < -0.4 is 0 Å². The third-order valence-electron chi connectivity index (χ3n) is 3.50. The number of carbonyl (C=O) groups excluding carboxylic acids is 2. The third kappa shape index (κ3) is 22.4. The van der Waals surface area contributed by atoms with E-state index in [9.17, 15) is 9.59 Å². The minimum Gasteiger partial charge on any atom is -0.466 e. The zero-order valence-corrected chi connectivity index (χ0v) is 16.1. The van der Waals surface area contributed by atoms with E-state index in [0.717, 1.165) is 31.8 Å². The molecule has 0 aliphatic carbocycles. The lowest BCUT2D eigenvalue weighted by Gasteiger charge is -2.04. The molecule has 5 heteroatoms. The molecule has 0 atom stereocenters. The van der Waals surface area contributed by atoms with Crippen LogP contribution in [0.15, 0.2) is 24.8 Å². The van der Waals surface area contributed by atoms with Gasteiger partial charge in [-0.25, -0.2) is 9.59 Å². The predicted molar refractivity (Wildman–Crippen MR) is 101 cm³/mol. The maximum absolute atomic E-state index is 11.1. The Kier molecular flexibility index (Phi) is 20.9. The van der Waals surface area contributed by atoms with Gasteiger partial charge in [-0.1, -0.05) is 64.5 Å². The number of rotatable bonds is 14. The minimum atomic E-state index is -0.394. The van der Waals surface area contributed by atoms with Gasteiger partial charge in [-0.3, -0.25) is 0 Å². The Hall–Kier alpha value is -1.62. The molecule has 146 valence electrons. The van der Waals surface area contributed by atoms with Crippen LogP contribution in [0.3, 0.4) is 0 Å². The van der Waals surface area contributed by atoms with Gasteiger partial charge < -0.3 is 14.6 Å². The van der Waals surface area contributed by atoms with Crippen molar-refractivity contribution in [3.8, 4) is 0 Å². The van der Waals surface area contributed by atoms with Crippen molar-refractivity contribution in [3.05, 3.63) is 24.8 Å². The highest BCUT2D eigenvalue weighted by molar-refractivity contribution is 5.86. The van der Waals surface area contributed by atoms with Crippen LogP contribution in [-0.2, 0) is 19.1 Å². The second-order valence-corrected chi connectivity index (χ2v) is 5.90. The first-order valence-corrected chi connectivity index (χ1v) is 9.13. The summed E-state index contributed by atoms with van der Waals surface area (Å²) in [6.45, 7) is 9.22. The van der Waals surface area contributed by atoms with Gasteiger partial charge in [-0.15, -0.1) is 0 Å². The first kappa shape index (κ1) is 25.6. The highest BCUT2D eigenvalue weighted by Gasteiger charge is 2.01. The molecule has 0 aromatic rings. The molecule has 0 aromatic carbocycles. The van der Waals surface area contributed by atoms with Crippen LogP contribution in [0.4, 0.5) is 0 Å². The molecule has 0 fully saturated rings. The van der Waals surface area contributed by atoms with Gasteiger partial charge >= 0.3 is 11.9 Å². The molecule has 0 saturated carbocycles. The molecule has 0 heterocycles. The van der Waals surface area contributed by atoms with Crippen LogP contribution in [-0.4, -0.2) is 37.4 Å². The summed E-state index contributed by atoms with van der Waals surface area (Å²) in [6.07, 6.45) is 12.9. The van der Waals surface area contributed by atoms with Crippen molar-refractivity contribution < 1.29 is 24.2 Å². The van der Waals surface area contributed by atoms with Crippen LogP contribution in [0.25, 0.3) is 0 Å². The summed E-state index contributed by atoms with van der Waals surface area (Å²) in [4.78, 5) is 20.9. The summed E-state index contributed by atoms with van der Waals surface area (Å²) in [5.74, 6) is -0.669. The molecule has 5 nitrogen and oxygen atoms in total. The predicted octanol–water partition coefficient (Wildman–Crippen LogP) is 4.34. The van der Waals surface area contributed by atoms with Gasteiger partial charge in [0.15, 0.2) is 0 Å². The molecule has 0 rings (SSSR count). The Bertz CT molecular complexity index is 363. The lowest BCUT2D eigenvalue weighted by atomic mass is 10.1. The number of esters is 2. The topological polar surface area (TPSA) is 72.8 Å². The number of aliphatic hydroxyl groups is 1. The number of hydrogen-bond donors (Lipinski definition) is 1. The molecule has 0 aliphatic heterocycles. The van der Waals surface area contributed by atoms with Gasteiger partial charge in [0, 0.05) is 18.3 Å². The van der Waals surface area contributed by atoms with Crippen molar-refractivity contribution in [3.63, 3.8) is 0 Å². The summed E-state index contributed by atoms with van der Waals surface area (Å²) in [6, 6.07) is 0. The second-order valence-electron chi connectivity index (χ2n) is 5.90. The zero-order chi connectivity index (χ0) is 19.3. The van der Waals surface area contributed by atoms with Crippen LogP contribution in [0.2, 0.25) is 0 Å². The number of hydrogen-bond acceptors (Lipinski definition) is 5. The van der Waals surface area contributed by atoms with Crippen molar-refractivity contribution in [1.82, 2.24) is 0 Å². The van der Waals surface area contributed by atoms with Gasteiger partial charge in [-0.2, -0.15) is 0 Å². The lowest BCUT2D eigenvalue weighted by molar-refractivity contribution is -0.139. The maximum Gasteiger partial charge on any atom is 0.333 e. The van der Waals surface area contributed by atoms with E-state index in [2.05, 4.69) is 17.9 Å². The fraction of sp³-hybridized carbons (Fsp3) is 0.700. The third-order valence-corrected chi connectivity index (χ3v) is 3.50. The van der Waals surface area contributed by atoms with Gasteiger partial charge in [0.25, 0.3) is 0 Å². The summed E-state index contributed by atoms with van der Waals surface area (Å²) in [7, 11) is 1.31. The van der Waals surface area contributed by atoms with E-state index < -0.39 is 5.97 Å². The summed E-state index contributed by atoms with van der Waals surface area (Å²) < 4.78 is 9.17. The molecular formula is C20H36O5. The molecular weight excluding hydrogens is 320 g/mol. The van der Waals surface area contributed by atoms with E-state index in [4.69, 9.17) is 9.84 Å². The van der Waals surface area contributed by atoms with Gasteiger partial charge in [0.1, 0.15) is 0 Å². The fourth-order valence-electron chi connectivity index (χ4n) is 2.00. The quantitative estimate of drug-likeness (QED) is 0.285. The van der Waals surface area contributed by atoms with Gasteiger partial charge in [0.05, 0.1) is 13.7 Å². The van der Waals surface area contributed by atoms with Crippen molar-refractivity contribution in [1.29, 1.82) is 0 Å². The molecule has 0 saturated heterocycles. The Morgan fingerprint density at radius 3 is 1.68 bits per heavy atom. The average Bonchev–Trinajstić information content (AvgIpc) is 2.62. The number of carbonyl (C=O) groups is 2. The van der Waals surface area contributed by atoms with Crippen LogP contribution in [0.5, 0.6) is 0 Å². The minimum absolute atomic E-state index is 0.275. The van der Waals surface area contributed by atoms with Gasteiger partial charge in [-0.05, 0) is 19.8 Å². The number of ether oxygens (including phenoxy) is 2. The largest absolute Gasteiger partial charge is 0.466 e. The summed E-state index contributed by atoms with van der Waals surface area (Å²) in [5, 5.41) is 8.64. The standard InChI is InChI=1S/C16H30O3.C4H6O2/c1-15(2)16(18)19-14-12-10-8-6-4-3-5-7-9-11-13-17;1-3-4(5)6-2/h17H,1,3-14H2,2H3;3H,1H2,2H3. The first-order valence-electron chi connectivity index (χ1n) is 9.13. The second kappa shape index (κ2) is 20.4. The van der Waals surface area contributed by atoms with Crippen LogP contribution in [0.1, 0.15) is 71.1 Å². The van der Waals surface area contributed by atoms with E-state index in [1.165, 1.54) is 45.6 Å². The first-order chi connectivity index (χ1) is 12.0. The molecule has 0 unspecified atom stereocenters. The number of unbranched alkanes of at least 4 members (excludes halogenated alkanes) is 9. The van der Waals surface area contributed by atoms with Crippen molar-refractivity contribution in [2.45, 2.75) is 71.1 Å². The molecule has 1 N–H and O–H groups in total. The van der Waals surface area contributed by atoms with Crippen LogP contribution in [0, 0.1) is 0 Å². The van der Waals surface area contributed by atoms with Crippen molar-refractivity contribution in [2.75, 3.05) is 20.3 Å². The Balaban J connectivity index is 0.